The highest BCUT2D eigenvalue weighted by Gasteiger charge is 2.25. The molecule has 1 aromatic rings. The van der Waals surface area contributed by atoms with Gasteiger partial charge in [0.1, 0.15) is 5.82 Å². The van der Waals surface area contributed by atoms with E-state index in [-0.39, 0.29) is 11.9 Å². The first-order valence-corrected chi connectivity index (χ1v) is 4.86. The van der Waals surface area contributed by atoms with Crippen molar-refractivity contribution >= 4 is 0 Å². The summed E-state index contributed by atoms with van der Waals surface area (Å²) in [6.45, 7) is 1.27. The zero-order valence-electron chi connectivity index (χ0n) is 7.95. The summed E-state index contributed by atoms with van der Waals surface area (Å²) < 4.78 is 18.1. The van der Waals surface area contributed by atoms with Crippen LogP contribution in [0.25, 0.3) is 0 Å². The first kappa shape index (κ1) is 9.62. The lowest BCUT2D eigenvalue weighted by Gasteiger charge is -2.07. The highest BCUT2D eigenvalue weighted by atomic mass is 19.1. The number of rotatable bonds is 2. The van der Waals surface area contributed by atoms with Gasteiger partial charge in [0.05, 0.1) is 12.7 Å². The molecule has 0 unspecified atom stereocenters. The molecule has 2 rings (SSSR count). The van der Waals surface area contributed by atoms with Gasteiger partial charge >= 0.3 is 0 Å². The Labute approximate surface area is 82.9 Å². The molecule has 0 aliphatic carbocycles. The van der Waals surface area contributed by atoms with Crippen molar-refractivity contribution in [1.82, 2.24) is 0 Å². The summed E-state index contributed by atoms with van der Waals surface area (Å²) in [5, 5.41) is 0. The molecule has 2 N–H and O–H groups in total. The number of hydrogen-bond acceptors (Lipinski definition) is 2. The third-order valence-corrected chi connectivity index (χ3v) is 2.68. The van der Waals surface area contributed by atoms with Crippen LogP contribution in [0.15, 0.2) is 24.3 Å². The van der Waals surface area contributed by atoms with Crippen LogP contribution in [0.5, 0.6) is 0 Å². The highest BCUT2D eigenvalue weighted by molar-refractivity contribution is 5.21. The Kier molecular flexibility index (Phi) is 2.79. The molecular formula is C11H14FNO. The fraction of sp³-hybridized carbons (Fsp3) is 0.455. The van der Waals surface area contributed by atoms with Crippen molar-refractivity contribution in [2.24, 2.45) is 5.73 Å². The number of nitrogens with two attached hydrogens (primary N) is 1. The highest BCUT2D eigenvalue weighted by Crippen LogP contribution is 2.28. The zero-order chi connectivity index (χ0) is 9.97. The molecule has 76 valence electrons. The first-order chi connectivity index (χ1) is 6.79. The van der Waals surface area contributed by atoms with Crippen LogP contribution in [-0.4, -0.2) is 19.3 Å². The van der Waals surface area contributed by atoms with Crippen LogP contribution in [0, 0.1) is 5.82 Å². The molecule has 0 aromatic heterocycles. The standard InChI is InChI=1S/C11H14FNO/c12-10-3-1-8(2-4-10)9-5-11(6-13)14-7-9/h1-4,9,11H,5-7,13H2/t9-,11-/m0/s1. The SMILES string of the molecule is NC[C@@H]1C[C@H](c2ccc(F)cc2)CO1. The summed E-state index contributed by atoms with van der Waals surface area (Å²) in [5.41, 5.74) is 6.65. The van der Waals surface area contributed by atoms with Gasteiger partial charge < -0.3 is 10.5 Å². The molecule has 1 saturated heterocycles. The Morgan fingerprint density at radius 3 is 2.64 bits per heavy atom. The van der Waals surface area contributed by atoms with E-state index in [4.69, 9.17) is 10.5 Å². The van der Waals surface area contributed by atoms with Crippen LogP contribution >= 0.6 is 0 Å². The lowest BCUT2D eigenvalue weighted by atomic mass is 9.96. The van der Waals surface area contributed by atoms with E-state index in [1.807, 2.05) is 12.1 Å². The van der Waals surface area contributed by atoms with E-state index in [1.54, 1.807) is 0 Å². The Morgan fingerprint density at radius 1 is 1.36 bits per heavy atom. The van der Waals surface area contributed by atoms with Gasteiger partial charge in [0, 0.05) is 12.5 Å². The maximum atomic E-state index is 12.7. The van der Waals surface area contributed by atoms with Crippen LogP contribution in [0.2, 0.25) is 0 Å². The second-order valence-electron chi connectivity index (χ2n) is 3.68. The molecule has 1 aliphatic rings. The van der Waals surface area contributed by atoms with Crippen LogP contribution in [0.4, 0.5) is 4.39 Å². The Hall–Kier alpha value is -0.930. The largest absolute Gasteiger partial charge is 0.376 e. The average molecular weight is 195 g/mol. The molecule has 0 amide bonds. The monoisotopic (exact) mass is 195 g/mol. The van der Waals surface area contributed by atoms with Crippen LogP contribution in [-0.2, 0) is 4.74 Å². The average Bonchev–Trinajstić information content (AvgIpc) is 2.67. The summed E-state index contributed by atoms with van der Waals surface area (Å²) in [6, 6.07) is 6.63. The van der Waals surface area contributed by atoms with Crippen LogP contribution < -0.4 is 5.73 Å². The van der Waals surface area contributed by atoms with Crippen molar-refractivity contribution < 1.29 is 9.13 Å². The topological polar surface area (TPSA) is 35.2 Å². The van der Waals surface area contributed by atoms with Gasteiger partial charge in [-0.25, -0.2) is 4.39 Å². The number of ether oxygens (including phenoxy) is 1. The van der Waals surface area contributed by atoms with E-state index in [1.165, 1.54) is 12.1 Å². The minimum Gasteiger partial charge on any atom is -0.376 e. The molecule has 1 aromatic carbocycles. The first-order valence-electron chi connectivity index (χ1n) is 4.86. The third-order valence-electron chi connectivity index (χ3n) is 2.68. The fourth-order valence-electron chi connectivity index (χ4n) is 1.84. The second-order valence-corrected chi connectivity index (χ2v) is 3.68. The van der Waals surface area contributed by atoms with E-state index in [2.05, 4.69) is 0 Å². The predicted molar refractivity (Wildman–Crippen MR) is 52.6 cm³/mol. The van der Waals surface area contributed by atoms with Gasteiger partial charge in [0.15, 0.2) is 0 Å². The minimum absolute atomic E-state index is 0.171. The zero-order valence-corrected chi connectivity index (χ0v) is 7.95. The van der Waals surface area contributed by atoms with Gasteiger partial charge in [0.2, 0.25) is 0 Å². The number of halogens is 1. The van der Waals surface area contributed by atoms with Crippen molar-refractivity contribution in [2.45, 2.75) is 18.4 Å². The lowest BCUT2D eigenvalue weighted by Crippen LogP contribution is -2.18. The molecule has 2 nitrogen and oxygen atoms in total. The maximum Gasteiger partial charge on any atom is 0.123 e. The van der Waals surface area contributed by atoms with Gasteiger partial charge in [-0.1, -0.05) is 12.1 Å². The molecule has 2 atom stereocenters. The molecule has 0 radical (unpaired) electrons. The fourth-order valence-corrected chi connectivity index (χ4v) is 1.84. The van der Waals surface area contributed by atoms with Crippen molar-refractivity contribution in [3.8, 4) is 0 Å². The predicted octanol–water partition coefficient (Wildman–Crippen LogP) is 1.66. The second kappa shape index (κ2) is 4.07. The molecule has 0 spiro atoms. The summed E-state index contributed by atoms with van der Waals surface area (Å²) in [7, 11) is 0. The normalized spacial score (nSPS) is 26.7. The van der Waals surface area contributed by atoms with E-state index in [0.717, 1.165) is 12.0 Å². The molecule has 14 heavy (non-hydrogen) atoms. The molecule has 0 saturated carbocycles. The van der Waals surface area contributed by atoms with Gasteiger partial charge in [0.25, 0.3) is 0 Å². The summed E-state index contributed by atoms with van der Waals surface area (Å²) in [6.07, 6.45) is 1.12. The molecule has 1 fully saturated rings. The summed E-state index contributed by atoms with van der Waals surface area (Å²) in [4.78, 5) is 0. The summed E-state index contributed by atoms with van der Waals surface area (Å²) in [5.74, 6) is 0.187. The van der Waals surface area contributed by atoms with E-state index in [9.17, 15) is 4.39 Å². The van der Waals surface area contributed by atoms with Crippen molar-refractivity contribution in [3.05, 3.63) is 35.6 Å². The minimum atomic E-state index is -0.192. The number of hydrogen-bond donors (Lipinski definition) is 1. The summed E-state index contributed by atoms with van der Waals surface area (Å²) >= 11 is 0. The molecule has 1 aliphatic heterocycles. The van der Waals surface area contributed by atoms with E-state index in [0.29, 0.717) is 19.1 Å². The van der Waals surface area contributed by atoms with Crippen LogP contribution in [0.1, 0.15) is 17.9 Å². The smallest absolute Gasteiger partial charge is 0.123 e. The van der Waals surface area contributed by atoms with E-state index < -0.39 is 0 Å². The lowest BCUT2D eigenvalue weighted by molar-refractivity contribution is 0.116. The van der Waals surface area contributed by atoms with Crippen molar-refractivity contribution in [3.63, 3.8) is 0 Å². The molecule has 3 heteroatoms. The Bertz CT molecular complexity index is 299. The van der Waals surface area contributed by atoms with Gasteiger partial charge in [-0.15, -0.1) is 0 Å². The van der Waals surface area contributed by atoms with Crippen molar-refractivity contribution in [2.75, 3.05) is 13.2 Å². The van der Waals surface area contributed by atoms with E-state index >= 15 is 0 Å². The van der Waals surface area contributed by atoms with Crippen molar-refractivity contribution in [1.29, 1.82) is 0 Å². The molecule has 0 bridgehead atoms. The van der Waals surface area contributed by atoms with Gasteiger partial charge in [-0.3, -0.25) is 0 Å². The van der Waals surface area contributed by atoms with Gasteiger partial charge in [-0.05, 0) is 24.1 Å². The third kappa shape index (κ3) is 1.94. The molecule has 1 heterocycles. The Balaban J connectivity index is 2.06. The van der Waals surface area contributed by atoms with Gasteiger partial charge in [-0.2, -0.15) is 0 Å². The maximum absolute atomic E-state index is 12.7. The number of benzene rings is 1. The Morgan fingerprint density at radius 2 is 2.07 bits per heavy atom. The van der Waals surface area contributed by atoms with Crippen LogP contribution in [0.3, 0.4) is 0 Å². The molecular weight excluding hydrogens is 181 g/mol. The quantitative estimate of drug-likeness (QED) is 0.778.